The molecule has 138 valence electrons. The van der Waals surface area contributed by atoms with Crippen molar-refractivity contribution in [3.8, 4) is 0 Å². The Morgan fingerprint density at radius 1 is 1.04 bits per heavy atom. The van der Waals surface area contributed by atoms with E-state index in [0.29, 0.717) is 24.0 Å². The minimum Gasteiger partial charge on any atom is -0.359 e. The van der Waals surface area contributed by atoms with Crippen molar-refractivity contribution in [3.05, 3.63) is 66.3 Å². The van der Waals surface area contributed by atoms with Gasteiger partial charge in [0.05, 0.1) is 6.04 Å². The highest BCUT2D eigenvalue weighted by molar-refractivity contribution is 8.00. The van der Waals surface area contributed by atoms with Crippen molar-refractivity contribution >= 4 is 35.1 Å². The van der Waals surface area contributed by atoms with Crippen LogP contribution >= 0.6 is 11.8 Å². The van der Waals surface area contributed by atoms with Crippen LogP contribution in [0, 0.1) is 5.41 Å². The van der Waals surface area contributed by atoms with Gasteiger partial charge in [-0.05, 0) is 54.8 Å². The summed E-state index contributed by atoms with van der Waals surface area (Å²) in [5.41, 5.74) is 6.87. The van der Waals surface area contributed by atoms with Gasteiger partial charge in [0, 0.05) is 26.4 Å². The molecule has 2 fully saturated rings. The highest BCUT2D eigenvalue weighted by atomic mass is 32.2. The molecule has 3 heterocycles. The summed E-state index contributed by atoms with van der Waals surface area (Å²) in [5.74, 6) is 0.537. The second kappa shape index (κ2) is 5.00. The van der Waals surface area contributed by atoms with E-state index in [2.05, 4.69) is 79.4 Å². The number of fused-ring (bicyclic) bond motifs is 7. The SMILES string of the molecule is CC12CCCC1(C)N1c3cccc4c3B(c3ccccc3S4)C3C=CC=C2C31. The Balaban J connectivity index is 1.57. The third-order valence-electron chi connectivity index (χ3n) is 8.74. The van der Waals surface area contributed by atoms with Crippen molar-refractivity contribution in [1.82, 2.24) is 0 Å². The maximum atomic E-state index is 2.88. The largest absolute Gasteiger partial charge is 0.359 e. The number of anilines is 1. The molecular formula is C25H24BNS. The lowest BCUT2D eigenvalue weighted by molar-refractivity contribution is 0.286. The lowest BCUT2D eigenvalue weighted by Crippen LogP contribution is -2.63. The third kappa shape index (κ3) is 1.59. The molecule has 0 spiro atoms. The molecule has 4 atom stereocenters. The van der Waals surface area contributed by atoms with Crippen molar-refractivity contribution in [2.24, 2.45) is 5.41 Å². The predicted octanol–water partition coefficient (Wildman–Crippen LogP) is 4.78. The van der Waals surface area contributed by atoms with Crippen LogP contribution < -0.4 is 15.8 Å². The van der Waals surface area contributed by atoms with Gasteiger partial charge < -0.3 is 4.90 Å². The molecule has 5 aliphatic rings. The Morgan fingerprint density at radius 3 is 2.82 bits per heavy atom. The van der Waals surface area contributed by atoms with Crippen LogP contribution in [-0.4, -0.2) is 18.3 Å². The molecule has 3 heteroatoms. The molecule has 1 nitrogen and oxygen atoms in total. The first-order valence-electron chi connectivity index (χ1n) is 10.7. The highest BCUT2D eigenvalue weighted by Crippen LogP contribution is 2.66. The Hall–Kier alpha value is -1.87. The molecule has 0 amide bonds. The van der Waals surface area contributed by atoms with Gasteiger partial charge in [0.25, 0.3) is 0 Å². The minimum atomic E-state index is 0.232. The van der Waals surface area contributed by atoms with Gasteiger partial charge in [-0.25, -0.2) is 0 Å². The fraction of sp³-hybridized carbons (Fsp3) is 0.360. The van der Waals surface area contributed by atoms with E-state index >= 15 is 0 Å². The number of hydrogen-bond donors (Lipinski definition) is 0. The molecular weight excluding hydrogens is 357 g/mol. The molecule has 3 aliphatic heterocycles. The average molecular weight is 381 g/mol. The van der Waals surface area contributed by atoms with Crippen molar-refractivity contribution in [1.29, 1.82) is 0 Å². The average Bonchev–Trinajstić information content (AvgIpc) is 3.12. The Kier molecular flexibility index (Phi) is 2.85. The maximum absolute atomic E-state index is 2.88. The molecule has 0 bridgehead atoms. The predicted molar refractivity (Wildman–Crippen MR) is 120 cm³/mol. The quantitative estimate of drug-likeness (QED) is 0.605. The van der Waals surface area contributed by atoms with Crippen LogP contribution in [0.3, 0.4) is 0 Å². The molecule has 1 saturated carbocycles. The molecule has 2 aromatic rings. The van der Waals surface area contributed by atoms with Gasteiger partial charge in [-0.3, -0.25) is 0 Å². The standard InChI is InChI=1S/C25H24BNS/c1-24-14-7-15-25(24,2)27-19-11-6-13-21-22(19)26(17-9-3-4-12-20(17)28-21)18-10-5-8-16(24)23(18)27/h3-6,8-13,18,23H,7,14-15H2,1-2H3. The van der Waals surface area contributed by atoms with E-state index in [1.54, 1.807) is 11.0 Å². The molecule has 28 heavy (non-hydrogen) atoms. The lowest BCUT2D eigenvalue weighted by atomic mass is 9.30. The normalized spacial score (nSPS) is 35.9. The van der Waals surface area contributed by atoms with E-state index in [9.17, 15) is 0 Å². The van der Waals surface area contributed by atoms with Gasteiger partial charge in [0.2, 0.25) is 6.71 Å². The van der Waals surface area contributed by atoms with Crippen LogP contribution in [0.4, 0.5) is 5.69 Å². The van der Waals surface area contributed by atoms with Gasteiger partial charge >= 0.3 is 0 Å². The number of hydrogen-bond acceptors (Lipinski definition) is 2. The summed E-state index contributed by atoms with van der Waals surface area (Å²) in [7, 11) is 0. The Labute approximate surface area is 172 Å². The van der Waals surface area contributed by atoms with Crippen LogP contribution in [0.25, 0.3) is 0 Å². The van der Waals surface area contributed by atoms with Gasteiger partial charge in [0.1, 0.15) is 0 Å². The molecule has 0 aromatic heterocycles. The van der Waals surface area contributed by atoms with E-state index < -0.39 is 0 Å². The van der Waals surface area contributed by atoms with Gasteiger partial charge in [-0.1, -0.05) is 73.1 Å². The summed E-state index contributed by atoms with van der Waals surface area (Å²) < 4.78 is 0. The van der Waals surface area contributed by atoms with E-state index in [-0.39, 0.29) is 5.54 Å². The zero-order valence-electron chi connectivity index (χ0n) is 16.5. The zero-order chi connectivity index (χ0) is 18.7. The van der Waals surface area contributed by atoms with Crippen molar-refractivity contribution in [3.63, 3.8) is 0 Å². The summed E-state index contributed by atoms with van der Waals surface area (Å²) in [5, 5.41) is 0. The fourth-order valence-electron chi connectivity index (χ4n) is 7.36. The van der Waals surface area contributed by atoms with E-state index in [1.165, 1.54) is 40.2 Å². The molecule has 2 aliphatic carbocycles. The van der Waals surface area contributed by atoms with E-state index in [1.807, 2.05) is 11.8 Å². The van der Waals surface area contributed by atoms with Crippen molar-refractivity contribution in [2.45, 2.75) is 60.3 Å². The molecule has 0 radical (unpaired) electrons. The summed E-state index contributed by atoms with van der Waals surface area (Å²) in [6.45, 7) is 5.59. The first kappa shape index (κ1) is 16.0. The molecule has 7 rings (SSSR count). The topological polar surface area (TPSA) is 3.24 Å². The first-order valence-corrected chi connectivity index (χ1v) is 11.5. The number of nitrogens with zero attached hydrogens (tertiary/aromatic N) is 1. The van der Waals surface area contributed by atoms with Crippen molar-refractivity contribution < 1.29 is 0 Å². The number of allylic oxidation sites excluding steroid dienone is 2. The smallest absolute Gasteiger partial charge is 0.224 e. The second-order valence-corrected chi connectivity index (χ2v) is 10.7. The Bertz CT molecular complexity index is 1100. The van der Waals surface area contributed by atoms with Crippen LogP contribution in [-0.2, 0) is 0 Å². The van der Waals surface area contributed by atoms with Gasteiger partial charge in [-0.2, -0.15) is 0 Å². The van der Waals surface area contributed by atoms with Gasteiger partial charge in [0.15, 0.2) is 0 Å². The van der Waals surface area contributed by atoms with Crippen LogP contribution in [0.5, 0.6) is 0 Å². The summed E-state index contributed by atoms with van der Waals surface area (Å²) in [6.07, 6.45) is 11.4. The molecule has 2 aromatic carbocycles. The Morgan fingerprint density at radius 2 is 1.89 bits per heavy atom. The van der Waals surface area contributed by atoms with E-state index in [0.717, 1.165) is 0 Å². The second-order valence-electron chi connectivity index (χ2n) is 9.67. The summed E-state index contributed by atoms with van der Waals surface area (Å²) >= 11 is 1.97. The van der Waals surface area contributed by atoms with Crippen molar-refractivity contribution in [2.75, 3.05) is 4.90 Å². The fourth-order valence-corrected chi connectivity index (χ4v) is 8.54. The molecule has 1 saturated heterocycles. The van der Waals surface area contributed by atoms with Crippen LogP contribution in [0.2, 0.25) is 5.82 Å². The molecule has 4 unspecified atom stereocenters. The monoisotopic (exact) mass is 381 g/mol. The third-order valence-corrected chi connectivity index (χ3v) is 9.91. The lowest BCUT2D eigenvalue weighted by Gasteiger charge is -2.51. The minimum absolute atomic E-state index is 0.232. The number of benzene rings is 2. The van der Waals surface area contributed by atoms with E-state index in [4.69, 9.17) is 0 Å². The first-order chi connectivity index (χ1) is 13.6. The van der Waals surface area contributed by atoms with Gasteiger partial charge in [-0.15, -0.1) is 0 Å². The summed E-state index contributed by atoms with van der Waals surface area (Å²) in [4.78, 5) is 5.80. The van der Waals surface area contributed by atoms with Crippen LogP contribution in [0.15, 0.2) is 76.1 Å². The maximum Gasteiger partial charge on any atom is 0.224 e. The zero-order valence-corrected chi connectivity index (χ0v) is 17.3. The summed E-state index contributed by atoms with van der Waals surface area (Å²) in [6, 6.07) is 16.7. The highest BCUT2D eigenvalue weighted by Gasteiger charge is 2.67. The number of rotatable bonds is 0. The van der Waals surface area contributed by atoms with Crippen LogP contribution in [0.1, 0.15) is 33.1 Å². The molecule has 0 N–H and O–H groups in total.